The van der Waals surface area contributed by atoms with Crippen molar-refractivity contribution in [2.24, 2.45) is 0 Å². The summed E-state index contributed by atoms with van der Waals surface area (Å²) in [4.78, 5) is 0. The fraction of sp³-hybridized carbons (Fsp3) is 0.750. The molecule has 1 aromatic rings. The van der Waals surface area contributed by atoms with Crippen molar-refractivity contribution in [2.75, 3.05) is 7.11 Å². The SMILES string of the molecule is CCCn1nccc1C(O)CC(C)(C)OC. The summed E-state index contributed by atoms with van der Waals surface area (Å²) in [7, 11) is 1.66. The monoisotopic (exact) mass is 226 g/mol. The number of methoxy groups -OCH3 is 1. The summed E-state index contributed by atoms with van der Waals surface area (Å²) in [5, 5.41) is 14.3. The highest BCUT2D eigenvalue weighted by atomic mass is 16.5. The van der Waals surface area contributed by atoms with Gasteiger partial charge in [0.25, 0.3) is 0 Å². The molecular formula is C12H22N2O2. The number of hydrogen-bond acceptors (Lipinski definition) is 3. The summed E-state index contributed by atoms with van der Waals surface area (Å²) in [6.07, 6.45) is 2.78. The fourth-order valence-electron chi connectivity index (χ4n) is 1.68. The number of rotatable bonds is 6. The molecule has 0 aromatic carbocycles. The average molecular weight is 226 g/mol. The Labute approximate surface area is 97.2 Å². The minimum absolute atomic E-state index is 0.319. The number of aliphatic hydroxyl groups excluding tert-OH is 1. The predicted octanol–water partition coefficient (Wildman–Crippen LogP) is 2.14. The van der Waals surface area contributed by atoms with Crippen LogP contribution in [0, 0.1) is 0 Å². The fourth-order valence-corrected chi connectivity index (χ4v) is 1.68. The van der Waals surface area contributed by atoms with E-state index in [4.69, 9.17) is 4.74 Å². The maximum atomic E-state index is 10.1. The zero-order valence-corrected chi connectivity index (χ0v) is 10.6. The molecule has 1 rings (SSSR count). The van der Waals surface area contributed by atoms with E-state index in [9.17, 15) is 5.11 Å². The van der Waals surface area contributed by atoms with E-state index in [2.05, 4.69) is 12.0 Å². The van der Waals surface area contributed by atoms with Gasteiger partial charge in [-0.3, -0.25) is 4.68 Å². The Kier molecular flexibility index (Phi) is 4.50. The summed E-state index contributed by atoms with van der Waals surface area (Å²) >= 11 is 0. The van der Waals surface area contributed by atoms with Gasteiger partial charge in [-0.15, -0.1) is 0 Å². The van der Waals surface area contributed by atoms with Crippen molar-refractivity contribution in [2.45, 2.75) is 51.9 Å². The number of hydrogen-bond donors (Lipinski definition) is 1. The van der Waals surface area contributed by atoms with Crippen LogP contribution in [0.2, 0.25) is 0 Å². The molecule has 1 heterocycles. The second-order valence-electron chi connectivity index (χ2n) is 4.66. The van der Waals surface area contributed by atoms with E-state index in [1.165, 1.54) is 0 Å². The quantitative estimate of drug-likeness (QED) is 0.808. The van der Waals surface area contributed by atoms with Crippen LogP contribution < -0.4 is 0 Å². The molecule has 1 N–H and O–H groups in total. The second kappa shape index (κ2) is 5.46. The summed E-state index contributed by atoms with van der Waals surface area (Å²) < 4.78 is 7.17. The summed E-state index contributed by atoms with van der Waals surface area (Å²) in [6, 6.07) is 1.87. The minimum Gasteiger partial charge on any atom is -0.387 e. The van der Waals surface area contributed by atoms with Crippen molar-refractivity contribution >= 4 is 0 Å². The van der Waals surface area contributed by atoms with Crippen molar-refractivity contribution in [1.29, 1.82) is 0 Å². The number of ether oxygens (including phenoxy) is 1. The van der Waals surface area contributed by atoms with Crippen molar-refractivity contribution in [1.82, 2.24) is 9.78 Å². The largest absolute Gasteiger partial charge is 0.387 e. The van der Waals surface area contributed by atoms with Gasteiger partial charge in [-0.1, -0.05) is 6.92 Å². The van der Waals surface area contributed by atoms with Gasteiger partial charge in [0.05, 0.1) is 17.4 Å². The molecule has 0 amide bonds. The first-order valence-corrected chi connectivity index (χ1v) is 5.75. The molecule has 0 radical (unpaired) electrons. The molecule has 0 aliphatic carbocycles. The van der Waals surface area contributed by atoms with Crippen LogP contribution in [0.3, 0.4) is 0 Å². The third kappa shape index (κ3) is 3.32. The number of aliphatic hydroxyl groups is 1. The van der Waals surface area contributed by atoms with Gasteiger partial charge in [-0.2, -0.15) is 5.10 Å². The normalized spacial score (nSPS) is 14.1. The van der Waals surface area contributed by atoms with Crippen LogP contribution in [0.15, 0.2) is 12.3 Å². The zero-order chi connectivity index (χ0) is 12.2. The van der Waals surface area contributed by atoms with Crippen LogP contribution in [-0.4, -0.2) is 27.6 Å². The number of nitrogens with zero attached hydrogens (tertiary/aromatic N) is 2. The lowest BCUT2D eigenvalue weighted by Gasteiger charge is -2.26. The maximum absolute atomic E-state index is 10.1. The van der Waals surface area contributed by atoms with E-state index in [0.29, 0.717) is 6.42 Å². The Morgan fingerprint density at radius 1 is 1.56 bits per heavy atom. The van der Waals surface area contributed by atoms with E-state index in [-0.39, 0.29) is 5.60 Å². The molecule has 0 aliphatic rings. The molecule has 0 saturated heterocycles. The van der Waals surface area contributed by atoms with Gasteiger partial charge < -0.3 is 9.84 Å². The molecule has 4 heteroatoms. The first-order chi connectivity index (χ1) is 7.50. The topological polar surface area (TPSA) is 47.3 Å². The number of aromatic nitrogens is 2. The standard InChI is InChI=1S/C12H22N2O2/c1-5-8-14-10(6-7-13-14)11(15)9-12(2,3)16-4/h6-7,11,15H,5,8-9H2,1-4H3. The third-order valence-corrected chi connectivity index (χ3v) is 2.76. The minimum atomic E-state index is -0.524. The van der Waals surface area contributed by atoms with Gasteiger partial charge in [0.2, 0.25) is 0 Å². The molecule has 1 aromatic heterocycles. The lowest BCUT2D eigenvalue weighted by Crippen LogP contribution is -2.26. The first kappa shape index (κ1) is 13.2. The van der Waals surface area contributed by atoms with Crippen molar-refractivity contribution in [3.05, 3.63) is 18.0 Å². The van der Waals surface area contributed by atoms with Crippen LogP contribution in [-0.2, 0) is 11.3 Å². The van der Waals surface area contributed by atoms with Crippen molar-refractivity contribution in [3.8, 4) is 0 Å². The lowest BCUT2D eigenvalue weighted by molar-refractivity contribution is -0.0220. The third-order valence-electron chi connectivity index (χ3n) is 2.76. The van der Waals surface area contributed by atoms with Crippen molar-refractivity contribution < 1.29 is 9.84 Å². The molecule has 0 aliphatic heterocycles. The highest BCUT2D eigenvalue weighted by molar-refractivity contribution is 5.05. The Morgan fingerprint density at radius 3 is 2.81 bits per heavy atom. The lowest BCUT2D eigenvalue weighted by atomic mass is 9.99. The second-order valence-corrected chi connectivity index (χ2v) is 4.66. The van der Waals surface area contributed by atoms with Gasteiger partial charge in [-0.25, -0.2) is 0 Å². The van der Waals surface area contributed by atoms with Gasteiger partial charge in [0, 0.05) is 26.3 Å². The van der Waals surface area contributed by atoms with Gasteiger partial charge >= 0.3 is 0 Å². The molecule has 1 unspecified atom stereocenters. The molecule has 92 valence electrons. The average Bonchev–Trinajstić information content (AvgIpc) is 2.66. The van der Waals surface area contributed by atoms with E-state index in [0.717, 1.165) is 18.7 Å². The Balaban J connectivity index is 2.72. The first-order valence-electron chi connectivity index (χ1n) is 5.75. The smallest absolute Gasteiger partial charge is 0.0983 e. The van der Waals surface area contributed by atoms with Gasteiger partial charge in [0.1, 0.15) is 0 Å². The Hall–Kier alpha value is -0.870. The van der Waals surface area contributed by atoms with E-state index in [1.54, 1.807) is 13.3 Å². The summed E-state index contributed by atoms with van der Waals surface area (Å²) in [5.74, 6) is 0. The van der Waals surface area contributed by atoms with Gasteiger partial charge in [-0.05, 0) is 26.3 Å². The Bertz CT molecular complexity index is 321. The molecule has 1 atom stereocenters. The van der Waals surface area contributed by atoms with Gasteiger partial charge in [0.15, 0.2) is 0 Å². The molecular weight excluding hydrogens is 204 g/mol. The Morgan fingerprint density at radius 2 is 2.25 bits per heavy atom. The van der Waals surface area contributed by atoms with E-state index in [1.807, 2.05) is 24.6 Å². The highest BCUT2D eigenvalue weighted by Gasteiger charge is 2.24. The highest BCUT2D eigenvalue weighted by Crippen LogP contribution is 2.25. The molecule has 0 fully saturated rings. The van der Waals surface area contributed by atoms with Crippen LogP contribution in [0.25, 0.3) is 0 Å². The predicted molar refractivity (Wildman–Crippen MR) is 63.2 cm³/mol. The van der Waals surface area contributed by atoms with E-state index >= 15 is 0 Å². The molecule has 0 saturated carbocycles. The molecule has 0 bridgehead atoms. The summed E-state index contributed by atoms with van der Waals surface area (Å²) in [5.41, 5.74) is 0.549. The van der Waals surface area contributed by atoms with Crippen LogP contribution >= 0.6 is 0 Å². The van der Waals surface area contributed by atoms with Crippen LogP contribution in [0.5, 0.6) is 0 Å². The van der Waals surface area contributed by atoms with Crippen LogP contribution in [0.4, 0.5) is 0 Å². The maximum Gasteiger partial charge on any atom is 0.0983 e. The zero-order valence-electron chi connectivity index (χ0n) is 10.6. The van der Waals surface area contributed by atoms with Crippen molar-refractivity contribution in [3.63, 3.8) is 0 Å². The van der Waals surface area contributed by atoms with E-state index < -0.39 is 6.10 Å². The molecule has 0 spiro atoms. The number of aryl methyl sites for hydroxylation is 1. The molecule has 16 heavy (non-hydrogen) atoms. The van der Waals surface area contributed by atoms with Crippen LogP contribution in [0.1, 0.15) is 45.4 Å². The molecule has 4 nitrogen and oxygen atoms in total. The summed E-state index contributed by atoms with van der Waals surface area (Å²) in [6.45, 7) is 6.87.